The number of sulfonamides is 1. The van der Waals surface area contributed by atoms with Crippen LogP contribution in [0.4, 0.5) is 18.9 Å². The van der Waals surface area contributed by atoms with E-state index in [1.165, 1.54) is 28.6 Å². The summed E-state index contributed by atoms with van der Waals surface area (Å²) in [5.41, 5.74) is 1.07. The molecule has 3 rings (SSSR count). The highest BCUT2D eigenvalue weighted by Gasteiger charge is 2.31. The second-order valence-electron chi connectivity index (χ2n) is 6.97. The lowest BCUT2D eigenvalue weighted by Gasteiger charge is -2.26. The van der Waals surface area contributed by atoms with Crippen molar-refractivity contribution >= 4 is 21.6 Å². The molecule has 2 aromatic rings. The molecule has 10 heteroatoms. The summed E-state index contributed by atoms with van der Waals surface area (Å²) in [5.74, 6) is -1.02. The normalized spacial score (nSPS) is 15.6. The summed E-state index contributed by atoms with van der Waals surface area (Å²) in [5, 5.41) is 2.62. The largest absolute Gasteiger partial charge is 0.573 e. The number of hydrogen-bond acceptors (Lipinski definition) is 4. The van der Waals surface area contributed by atoms with Crippen LogP contribution in [0, 0.1) is 6.92 Å². The Balaban J connectivity index is 1.78. The third-order valence-electron chi connectivity index (χ3n) is 4.76. The average Bonchev–Trinajstić information content (AvgIpc) is 2.69. The van der Waals surface area contributed by atoms with Gasteiger partial charge in [0.15, 0.2) is 0 Å². The molecule has 162 valence electrons. The Kier molecular flexibility index (Phi) is 6.37. The Morgan fingerprint density at radius 2 is 1.67 bits per heavy atom. The molecule has 2 aromatic carbocycles. The van der Waals surface area contributed by atoms with E-state index in [4.69, 9.17) is 0 Å². The fraction of sp³-hybridized carbons (Fsp3) is 0.350. The van der Waals surface area contributed by atoms with Crippen molar-refractivity contribution in [2.24, 2.45) is 0 Å². The number of halogens is 3. The average molecular weight is 442 g/mol. The summed E-state index contributed by atoms with van der Waals surface area (Å²) >= 11 is 0. The number of benzene rings is 2. The second-order valence-corrected chi connectivity index (χ2v) is 8.91. The number of hydrogen-bond donors (Lipinski definition) is 1. The monoisotopic (exact) mass is 442 g/mol. The van der Waals surface area contributed by atoms with E-state index in [1.54, 1.807) is 13.0 Å². The number of carbonyl (C=O) groups is 1. The fourth-order valence-corrected chi connectivity index (χ4v) is 4.70. The summed E-state index contributed by atoms with van der Waals surface area (Å²) in [4.78, 5) is 12.6. The van der Waals surface area contributed by atoms with E-state index in [9.17, 15) is 26.4 Å². The number of anilines is 1. The van der Waals surface area contributed by atoms with Gasteiger partial charge in [-0.1, -0.05) is 12.5 Å². The van der Waals surface area contributed by atoms with Crippen molar-refractivity contribution < 1.29 is 31.1 Å². The van der Waals surface area contributed by atoms with E-state index < -0.39 is 28.0 Å². The maximum atomic E-state index is 12.9. The van der Waals surface area contributed by atoms with Crippen molar-refractivity contribution in [2.45, 2.75) is 37.4 Å². The van der Waals surface area contributed by atoms with Crippen LogP contribution in [0.5, 0.6) is 5.75 Å². The number of ether oxygens (including phenoxy) is 1. The zero-order valence-corrected chi connectivity index (χ0v) is 17.0. The second kappa shape index (κ2) is 8.65. The molecule has 0 atom stereocenters. The van der Waals surface area contributed by atoms with Crippen LogP contribution in [0.3, 0.4) is 0 Å². The minimum atomic E-state index is -4.82. The molecule has 30 heavy (non-hydrogen) atoms. The van der Waals surface area contributed by atoms with Gasteiger partial charge in [-0.3, -0.25) is 4.79 Å². The molecule has 1 aliphatic rings. The third kappa shape index (κ3) is 5.31. The molecule has 6 nitrogen and oxygen atoms in total. The van der Waals surface area contributed by atoms with Crippen LogP contribution in [-0.4, -0.2) is 38.1 Å². The van der Waals surface area contributed by atoms with Gasteiger partial charge in [0, 0.05) is 24.3 Å². The third-order valence-corrected chi connectivity index (χ3v) is 6.65. The Morgan fingerprint density at radius 1 is 1.03 bits per heavy atom. The first kappa shape index (κ1) is 22.1. The molecule has 1 heterocycles. The summed E-state index contributed by atoms with van der Waals surface area (Å²) in [6.45, 7) is 2.64. The van der Waals surface area contributed by atoms with Gasteiger partial charge in [-0.15, -0.1) is 13.2 Å². The summed E-state index contributed by atoms with van der Waals surface area (Å²) in [6, 6.07) is 8.96. The molecule has 1 N–H and O–H groups in total. The maximum Gasteiger partial charge on any atom is 0.573 e. The van der Waals surface area contributed by atoms with E-state index in [-0.39, 0.29) is 10.5 Å². The molecule has 1 saturated heterocycles. The molecule has 0 spiro atoms. The number of nitrogens with one attached hydrogen (secondary N) is 1. The van der Waals surface area contributed by atoms with Gasteiger partial charge in [-0.25, -0.2) is 8.42 Å². The van der Waals surface area contributed by atoms with Gasteiger partial charge in [-0.05, 0) is 61.7 Å². The Labute approximate surface area is 172 Å². The lowest BCUT2D eigenvalue weighted by molar-refractivity contribution is -0.274. The van der Waals surface area contributed by atoms with Crippen LogP contribution in [0.25, 0.3) is 0 Å². The maximum absolute atomic E-state index is 12.9. The predicted octanol–water partition coefficient (Wildman–Crippen LogP) is 4.32. The number of nitrogens with zero attached hydrogens (tertiary/aromatic N) is 1. The van der Waals surface area contributed by atoms with Crippen LogP contribution < -0.4 is 10.1 Å². The molecular formula is C20H21F3N2O4S. The van der Waals surface area contributed by atoms with Gasteiger partial charge >= 0.3 is 6.36 Å². The molecule has 0 bridgehead atoms. The van der Waals surface area contributed by atoms with E-state index >= 15 is 0 Å². The van der Waals surface area contributed by atoms with Gasteiger partial charge in [0.05, 0.1) is 4.90 Å². The smallest absolute Gasteiger partial charge is 0.406 e. The highest BCUT2D eigenvalue weighted by Crippen LogP contribution is 2.26. The number of carbonyl (C=O) groups excluding carboxylic acids is 1. The zero-order chi connectivity index (χ0) is 21.9. The van der Waals surface area contributed by atoms with E-state index in [0.717, 1.165) is 31.4 Å². The van der Waals surface area contributed by atoms with Gasteiger partial charge in [0.1, 0.15) is 5.75 Å². The Morgan fingerprint density at radius 3 is 2.27 bits per heavy atom. The van der Waals surface area contributed by atoms with Crippen molar-refractivity contribution in [3.05, 3.63) is 53.6 Å². The van der Waals surface area contributed by atoms with Crippen LogP contribution in [0.1, 0.15) is 35.2 Å². The standard InChI is InChI=1S/C20H21F3N2O4S/c1-14-5-10-17(30(27,28)25-11-3-2-4-12-25)13-18(14)24-19(26)15-6-8-16(9-7-15)29-20(21,22)23/h5-10,13H,2-4,11-12H2,1H3,(H,24,26). The minimum absolute atomic E-state index is 0.0826. The van der Waals surface area contributed by atoms with Crippen molar-refractivity contribution in [3.8, 4) is 5.75 Å². The molecule has 0 aliphatic carbocycles. The lowest BCUT2D eigenvalue weighted by atomic mass is 10.1. The molecule has 1 aliphatic heterocycles. The van der Waals surface area contributed by atoms with E-state index in [0.29, 0.717) is 24.3 Å². The first-order valence-corrected chi connectivity index (χ1v) is 10.8. The number of rotatable bonds is 5. The topological polar surface area (TPSA) is 75.7 Å². The molecule has 1 amide bonds. The van der Waals surface area contributed by atoms with Crippen molar-refractivity contribution in [3.63, 3.8) is 0 Å². The number of alkyl halides is 3. The van der Waals surface area contributed by atoms with Crippen molar-refractivity contribution in [1.82, 2.24) is 4.31 Å². The minimum Gasteiger partial charge on any atom is -0.406 e. The number of piperidine rings is 1. The van der Waals surface area contributed by atoms with Crippen LogP contribution in [-0.2, 0) is 10.0 Å². The summed E-state index contributed by atoms with van der Waals surface area (Å²) in [7, 11) is -3.67. The lowest BCUT2D eigenvalue weighted by Crippen LogP contribution is -2.35. The Hall–Kier alpha value is -2.59. The molecule has 0 unspecified atom stereocenters. The van der Waals surface area contributed by atoms with Gasteiger partial charge in [0.25, 0.3) is 5.91 Å². The van der Waals surface area contributed by atoms with Crippen LogP contribution in [0.2, 0.25) is 0 Å². The first-order chi connectivity index (χ1) is 14.1. The van der Waals surface area contributed by atoms with Gasteiger partial charge < -0.3 is 10.1 Å². The Bertz CT molecular complexity index is 1020. The fourth-order valence-electron chi connectivity index (χ4n) is 3.15. The highest BCUT2D eigenvalue weighted by atomic mass is 32.2. The van der Waals surface area contributed by atoms with Crippen LogP contribution in [0.15, 0.2) is 47.4 Å². The predicted molar refractivity (Wildman–Crippen MR) is 105 cm³/mol. The summed E-state index contributed by atoms with van der Waals surface area (Å²) in [6.07, 6.45) is -2.21. The van der Waals surface area contributed by atoms with Gasteiger partial charge in [-0.2, -0.15) is 4.31 Å². The zero-order valence-electron chi connectivity index (χ0n) is 16.2. The van der Waals surface area contributed by atoms with E-state index in [1.807, 2.05) is 0 Å². The van der Waals surface area contributed by atoms with Crippen molar-refractivity contribution in [1.29, 1.82) is 0 Å². The SMILES string of the molecule is Cc1ccc(S(=O)(=O)N2CCCCC2)cc1NC(=O)c1ccc(OC(F)(F)F)cc1. The summed E-state index contributed by atoms with van der Waals surface area (Å²) < 4.78 is 67.7. The molecule has 0 radical (unpaired) electrons. The molecule has 0 aromatic heterocycles. The number of amides is 1. The van der Waals surface area contributed by atoms with Crippen molar-refractivity contribution in [2.75, 3.05) is 18.4 Å². The first-order valence-electron chi connectivity index (χ1n) is 9.34. The van der Waals surface area contributed by atoms with Gasteiger partial charge in [0.2, 0.25) is 10.0 Å². The number of aryl methyl sites for hydroxylation is 1. The highest BCUT2D eigenvalue weighted by molar-refractivity contribution is 7.89. The van der Waals surface area contributed by atoms with E-state index in [2.05, 4.69) is 10.1 Å². The quantitative estimate of drug-likeness (QED) is 0.748. The molecule has 1 fully saturated rings. The molecular weight excluding hydrogens is 421 g/mol. The van der Waals surface area contributed by atoms with Crippen LogP contribution >= 0.6 is 0 Å². The molecule has 0 saturated carbocycles.